The number of aryl methyl sites for hydroxylation is 2. The zero-order valence-corrected chi connectivity index (χ0v) is 14.2. The van der Waals surface area contributed by atoms with Crippen LogP contribution in [0.1, 0.15) is 28.4 Å². The Labute approximate surface area is 140 Å². The predicted molar refractivity (Wildman–Crippen MR) is 87.2 cm³/mol. The van der Waals surface area contributed by atoms with Gasteiger partial charge in [0, 0.05) is 46.0 Å². The van der Waals surface area contributed by atoms with Crippen LogP contribution in [0.3, 0.4) is 0 Å². The van der Waals surface area contributed by atoms with E-state index in [1.807, 2.05) is 13.1 Å². The molecule has 0 spiro atoms. The molecule has 1 amide bonds. The lowest BCUT2D eigenvalue weighted by molar-refractivity contribution is 0.0743. The number of carbonyl (C=O) groups is 1. The van der Waals surface area contributed by atoms with E-state index in [9.17, 15) is 9.18 Å². The van der Waals surface area contributed by atoms with Gasteiger partial charge in [0.2, 0.25) is 0 Å². The quantitative estimate of drug-likeness (QED) is 0.890. The summed E-state index contributed by atoms with van der Waals surface area (Å²) in [6.45, 7) is 3.31. The van der Waals surface area contributed by atoms with Crippen LogP contribution in [0.15, 0.2) is 18.5 Å². The lowest BCUT2D eigenvalue weighted by atomic mass is 10.2. The molecule has 0 bridgehead atoms. The second-order valence-electron chi connectivity index (χ2n) is 6.43. The summed E-state index contributed by atoms with van der Waals surface area (Å²) in [4.78, 5) is 23.2. The van der Waals surface area contributed by atoms with Crippen LogP contribution in [0.4, 0.5) is 4.39 Å². The van der Waals surface area contributed by atoms with Crippen LogP contribution >= 0.6 is 0 Å². The molecular weight excluding hydrogens is 311 g/mol. The van der Waals surface area contributed by atoms with Crippen LogP contribution in [0.5, 0.6) is 0 Å². The fourth-order valence-corrected chi connectivity index (χ4v) is 3.20. The van der Waals surface area contributed by atoms with Crippen molar-refractivity contribution in [1.82, 2.24) is 29.5 Å². The van der Waals surface area contributed by atoms with Crippen molar-refractivity contribution in [3.05, 3.63) is 35.7 Å². The number of aromatic amines is 1. The van der Waals surface area contributed by atoms with Crippen LogP contribution < -0.4 is 0 Å². The molecule has 24 heavy (non-hydrogen) atoms. The lowest BCUT2D eigenvalue weighted by Crippen LogP contribution is -2.41. The molecule has 0 aromatic carbocycles. The van der Waals surface area contributed by atoms with E-state index in [-0.39, 0.29) is 11.9 Å². The maximum atomic E-state index is 13.9. The normalized spacial score (nSPS) is 21.3. The van der Waals surface area contributed by atoms with Crippen LogP contribution in [-0.4, -0.2) is 67.8 Å². The molecule has 2 atom stereocenters. The van der Waals surface area contributed by atoms with Crippen LogP contribution in [0, 0.1) is 6.92 Å². The number of rotatable bonds is 5. The summed E-state index contributed by atoms with van der Waals surface area (Å²) >= 11 is 0. The number of nitrogens with one attached hydrogen (secondary N) is 1. The Morgan fingerprint density at radius 2 is 2.33 bits per heavy atom. The van der Waals surface area contributed by atoms with Gasteiger partial charge in [0.15, 0.2) is 0 Å². The van der Waals surface area contributed by atoms with Gasteiger partial charge in [-0.25, -0.2) is 9.37 Å². The molecule has 1 aliphatic heterocycles. The summed E-state index contributed by atoms with van der Waals surface area (Å²) in [5, 5.41) is 4.15. The number of halogens is 1. The third kappa shape index (κ3) is 3.48. The summed E-state index contributed by atoms with van der Waals surface area (Å²) in [5.41, 5.74) is 1.50. The number of likely N-dealkylation sites (N-methyl/N-ethyl adjacent to an activating group) is 1. The van der Waals surface area contributed by atoms with Gasteiger partial charge in [-0.05, 0) is 19.4 Å². The number of hydrogen-bond donors (Lipinski definition) is 1. The van der Waals surface area contributed by atoms with Gasteiger partial charge in [-0.15, -0.1) is 0 Å². The highest BCUT2D eigenvalue weighted by Crippen LogP contribution is 2.23. The summed E-state index contributed by atoms with van der Waals surface area (Å²) in [7, 11) is 3.62. The van der Waals surface area contributed by atoms with Gasteiger partial charge < -0.3 is 9.88 Å². The lowest BCUT2D eigenvalue weighted by Gasteiger charge is -2.28. The van der Waals surface area contributed by atoms with Crippen molar-refractivity contribution in [3.8, 4) is 0 Å². The third-order valence-electron chi connectivity index (χ3n) is 4.53. The van der Waals surface area contributed by atoms with Crippen molar-refractivity contribution in [1.29, 1.82) is 0 Å². The van der Waals surface area contributed by atoms with E-state index in [0.29, 0.717) is 37.6 Å². The van der Waals surface area contributed by atoms with E-state index >= 15 is 0 Å². The van der Waals surface area contributed by atoms with E-state index in [0.717, 1.165) is 5.69 Å². The van der Waals surface area contributed by atoms with Crippen molar-refractivity contribution in [2.24, 2.45) is 7.05 Å². The molecule has 3 rings (SSSR count). The van der Waals surface area contributed by atoms with E-state index in [1.54, 1.807) is 29.7 Å². The van der Waals surface area contributed by atoms with E-state index in [1.165, 1.54) is 6.20 Å². The molecule has 1 fully saturated rings. The highest BCUT2D eigenvalue weighted by Gasteiger charge is 2.34. The van der Waals surface area contributed by atoms with Crippen LogP contribution in [0.25, 0.3) is 0 Å². The molecule has 2 aromatic heterocycles. The number of likely N-dealkylation sites (tertiary alicyclic amines) is 1. The first-order valence-electron chi connectivity index (χ1n) is 8.06. The van der Waals surface area contributed by atoms with E-state index in [2.05, 4.69) is 20.0 Å². The second kappa shape index (κ2) is 6.72. The minimum Gasteiger partial charge on any atom is -0.339 e. The van der Waals surface area contributed by atoms with Gasteiger partial charge in [0.1, 0.15) is 17.7 Å². The highest BCUT2D eigenvalue weighted by molar-refractivity contribution is 5.92. The van der Waals surface area contributed by atoms with Crippen molar-refractivity contribution in [2.45, 2.75) is 32.1 Å². The van der Waals surface area contributed by atoms with Crippen molar-refractivity contribution >= 4 is 5.91 Å². The number of nitrogens with zero attached hydrogens (tertiary/aromatic N) is 5. The third-order valence-corrected chi connectivity index (χ3v) is 4.53. The minimum atomic E-state index is -0.860. The Kier molecular flexibility index (Phi) is 4.66. The fourth-order valence-electron chi connectivity index (χ4n) is 3.20. The molecule has 130 valence electrons. The standard InChI is InChI=1S/C16H23FN6O/c1-11-18-7-15(20-11)16(24)21(2)9-14-6-12(17)8-23(14)10-13-4-5-19-22(13)3/h4-5,7,12,14H,6,8-10H2,1-3H3,(H,18,20)/t12-,14-/m0/s1. The van der Waals surface area contributed by atoms with Gasteiger partial charge in [-0.1, -0.05) is 0 Å². The fraction of sp³-hybridized carbons (Fsp3) is 0.562. The van der Waals surface area contributed by atoms with Gasteiger partial charge in [-0.3, -0.25) is 14.4 Å². The Balaban J connectivity index is 1.65. The zero-order valence-electron chi connectivity index (χ0n) is 14.2. The van der Waals surface area contributed by atoms with E-state index in [4.69, 9.17) is 0 Å². The molecule has 0 saturated carbocycles. The summed E-state index contributed by atoms with van der Waals surface area (Å²) in [6, 6.07) is 1.93. The molecule has 0 radical (unpaired) electrons. The topological polar surface area (TPSA) is 70.1 Å². The first-order valence-corrected chi connectivity index (χ1v) is 8.06. The molecule has 1 N–H and O–H groups in total. The SMILES string of the molecule is Cc1ncc(C(=O)N(C)C[C@@H]2C[C@H](F)CN2Cc2ccnn2C)[nH]1. The maximum Gasteiger partial charge on any atom is 0.271 e. The molecule has 0 aliphatic carbocycles. The number of hydrogen-bond acceptors (Lipinski definition) is 4. The summed E-state index contributed by atoms with van der Waals surface area (Å²) in [6.07, 6.45) is 2.86. The van der Waals surface area contributed by atoms with E-state index < -0.39 is 6.17 Å². The van der Waals surface area contributed by atoms with Gasteiger partial charge in [0.05, 0.1) is 11.9 Å². The molecular formula is C16H23FN6O. The number of H-pyrrole nitrogens is 1. The molecule has 3 heterocycles. The molecule has 1 saturated heterocycles. The van der Waals surface area contributed by atoms with Gasteiger partial charge >= 0.3 is 0 Å². The van der Waals surface area contributed by atoms with Crippen molar-refractivity contribution < 1.29 is 9.18 Å². The first kappa shape index (κ1) is 16.6. The van der Waals surface area contributed by atoms with Gasteiger partial charge in [0.25, 0.3) is 5.91 Å². The Bertz CT molecular complexity index is 711. The predicted octanol–water partition coefficient (Wildman–Crippen LogP) is 1.14. The second-order valence-corrected chi connectivity index (χ2v) is 6.43. The number of alkyl halides is 1. The smallest absolute Gasteiger partial charge is 0.271 e. The zero-order chi connectivity index (χ0) is 17.3. The summed E-state index contributed by atoms with van der Waals surface area (Å²) < 4.78 is 15.7. The monoisotopic (exact) mass is 334 g/mol. The largest absolute Gasteiger partial charge is 0.339 e. The number of aromatic nitrogens is 4. The molecule has 7 nitrogen and oxygen atoms in total. The molecule has 2 aromatic rings. The van der Waals surface area contributed by atoms with Crippen LogP contribution in [0.2, 0.25) is 0 Å². The van der Waals surface area contributed by atoms with Crippen molar-refractivity contribution in [3.63, 3.8) is 0 Å². The minimum absolute atomic E-state index is 0.00660. The molecule has 8 heteroatoms. The summed E-state index contributed by atoms with van der Waals surface area (Å²) in [5.74, 6) is 0.577. The molecule has 0 unspecified atom stereocenters. The first-order chi connectivity index (χ1) is 11.4. The van der Waals surface area contributed by atoms with Gasteiger partial charge in [-0.2, -0.15) is 5.10 Å². The number of amides is 1. The Morgan fingerprint density at radius 3 is 2.96 bits per heavy atom. The maximum absolute atomic E-state index is 13.9. The highest BCUT2D eigenvalue weighted by atomic mass is 19.1. The number of imidazole rings is 1. The van der Waals surface area contributed by atoms with Crippen molar-refractivity contribution in [2.75, 3.05) is 20.1 Å². The number of carbonyl (C=O) groups excluding carboxylic acids is 1. The molecule has 1 aliphatic rings. The average Bonchev–Trinajstić information content (AvgIpc) is 3.22. The van der Waals surface area contributed by atoms with Crippen LogP contribution in [-0.2, 0) is 13.6 Å². The average molecular weight is 334 g/mol. The Morgan fingerprint density at radius 1 is 1.54 bits per heavy atom. The Hall–Kier alpha value is -2.22.